The van der Waals surface area contributed by atoms with Gasteiger partial charge < -0.3 is 15.1 Å². The second-order valence-corrected chi connectivity index (χ2v) is 5.66. The van der Waals surface area contributed by atoms with Crippen molar-refractivity contribution in [2.75, 3.05) is 33.3 Å². The van der Waals surface area contributed by atoms with E-state index < -0.39 is 0 Å². The Labute approximate surface area is 125 Å². The third kappa shape index (κ3) is 4.44. The molecule has 0 bridgehead atoms. The van der Waals surface area contributed by atoms with Crippen LogP contribution in [0.15, 0.2) is 24.3 Å². The predicted octanol–water partition coefficient (Wildman–Crippen LogP) is 0.850. The lowest BCUT2D eigenvalue weighted by Gasteiger charge is -2.39. The molecule has 2 rings (SSSR count). The fourth-order valence-electron chi connectivity index (χ4n) is 2.75. The number of nitrogens with zero attached hydrogens (tertiary/aromatic N) is 2. The van der Waals surface area contributed by atoms with E-state index in [1.807, 2.05) is 18.0 Å². The molecular weight excluding hydrogens is 268 g/mol. The van der Waals surface area contributed by atoms with Gasteiger partial charge in [-0.25, -0.2) is 0 Å². The van der Waals surface area contributed by atoms with Crippen LogP contribution in [0.1, 0.15) is 18.4 Å². The average Bonchev–Trinajstić information content (AvgIpc) is 2.47. The van der Waals surface area contributed by atoms with Gasteiger partial charge in [-0.05, 0) is 37.6 Å². The van der Waals surface area contributed by atoms with Gasteiger partial charge >= 0.3 is 0 Å². The van der Waals surface area contributed by atoms with Gasteiger partial charge in [0.25, 0.3) is 0 Å². The SMILES string of the molecule is CN1CCN(C(=O)CCc2cccc(O)c2)C[C@@H]1CCO. The number of phenols is 1. The van der Waals surface area contributed by atoms with Crippen molar-refractivity contribution in [2.45, 2.75) is 25.3 Å². The molecule has 0 saturated carbocycles. The fraction of sp³-hybridized carbons (Fsp3) is 0.562. The number of aliphatic hydroxyl groups is 1. The molecule has 1 saturated heterocycles. The van der Waals surface area contributed by atoms with Crippen molar-refractivity contribution in [3.05, 3.63) is 29.8 Å². The summed E-state index contributed by atoms with van der Waals surface area (Å²) in [6.45, 7) is 2.44. The normalized spacial score (nSPS) is 19.7. The average molecular weight is 292 g/mol. The van der Waals surface area contributed by atoms with Crippen LogP contribution in [0.5, 0.6) is 5.75 Å². The largest absolute Gasteiger partial charge is 0.508 e. The number of aryl methyl sites for hydroxylation is 1. The molecule has 5 heteroatoms. The molecular formula is C16H24N2O3. The molecule has 1 aromatic rings. The van der Waals surface area contributed by atoms with Crippen LogP contribution in [0.25, 0.3) is 0 Å². The van der Waals surface area contributed by atoms with Crippen LogP contribution < -0.4 is 0 Å². The summed E-state index contributed by atoms with van der Waals surface area (Å²) >= 11 is 0. The van der Waals surface area contributed by atoms with E-state index in [4.69, 9.17) is 5.11 Å². The Morgan fingerprint density at radius 1 is 1.38 bits per heavy atom. The van der Waals surface area contributed by atoms with Crippen LogP contribution in [0.4, 0.5) is 0 Å². The standard InChI is InChI=1S/C16H24N2O3/c1-17-8-9-18(12-14(17)7-10-19)16(21)6-5-13-3-2-4-15(20)11-13/h2-4,11,14,19-20H,5-10,12H2,1H3/t14-/m0/s1. The second-order valence-electron chi connectivity index (χ2n) is 5.66. The number of likely N-dealkylation sites (N-methyl/N-ethyl adjacent to an activating group) is 1. The minimum Gasteiger partial charge on any atom is -0.508 e. The Kier molecular flexibility index (Phi) is 5.59. The first-order chi connectivity index (χ1) is 10.1. The Morgan fingerprint density at radius 3 is 2.90 bits per heavy atom. The Balaban J connectivity index is 1.85. The summed E-state index contributed by atoms with van der Waals surface area (Å²) < 4.78 is 0. The number of phenolic OH excluding ortho intramolecular Hbond substituents is 1. The molecule has 0 spiro atoms. The number of benzene rings is 1. The van der Waals surface area contributed by atoms with Crippen LogP contribution >= 0.6 is 0 Å². The van der Waals surface area contributed by atoms with Crippen molar-refractivity contribution in [1.82, 2.24) is 9.80 Å². The molecule has 1 amide bonds. The monoisotopic (exact) mass is 292 g/mol. The first kappa shape index (κ1) is 15.8. The molecule has 1 aliphatic heterocycles. The highest BCUT2D eigenvalue weighted by Gasteiger charge is 2.26. The topological polar surface area (TPSA) is 64.0 Å². The Hall–Kier alpha value is -1.59. The van der Waals surface area contributed by atoms with E-state index in [2.05, 4.69) is 4.90 Å². The molecule has 2 N–H and O–H groups in total. The highest BCUT2D eigenvalue weighted by molar-refractivity contribution is 5.76. The number of piperazine rings is 1. The number of hydrogen-bond donors (Lipinski definition) is 2. The summed E-state index contributed by atoms with van der Waals surface area (Å²) in [5, 5.41) is 18.5. The van der Waals surface area contributed by atoms with Crippen LogP contribution in [-0.4, -0.2) is 65.3 Å². The molecule has 0 aromatic heterocycles. The molecule has 5 nitrogen and oxygen atoms in total. The molecule has 1 aliphatic rings. The van der Waals surface area contributed by atoms with Crippen molar-refractivity contribution in [1.29, 1.82) is 0 Å². The number of carbonyl (C=O) groups excluding carboxylic acids is 1. The van der Waals surface area contributed by atoms with Crippen LogP contribution in [0.2, 0.25) is 0 Å². The number of hydrogen-bond acceptors (Lipinski definition) is 4. The Bertz CT molecular complexity index is 478. The zero-order valence-corrected chi connectivity index (χ0v) is 12.5. The van der Waals surface area contributed by atoms with Gasteiger partial charge in [0.1, 0.15) is 5.75 Å². The third-order valence-corrected chi connectivity index (χ3v) is 4.13. The van der Waals surface area contributed by atoms with Gasteiger partial charge in [-0.2, -0.15) is 0 Å². The Morgan fingerprint density at radius 2 is 2.19 bits per heavy atom. The van der Waals surface area contributed by atoms with Gasteiger partial charge in [-0.1, -0.05) is 12.1 Å². The minimum absolute atomic E-state index is 0.148. The zero-order chi connectivity index (χ0) is 15.2. The highest BCUT2D eigenvalue weighted by atomic mass is 16.3. The van der Waals surface area contributed by atoms with E-state index in [9.17, 15) is 9.90 Å². The maximum absolute atomic E-state index is 12.3. The lowest BCUT2D eigenvalue weighted by Crippen LogP contribution is -2.53. The van der Waals surface area contributed by atoms with Crippen molar-refractivity contribution < 1.29 is 15.0 Å². The summed E-state index contributed by atoms with van der Waals surface area (Å²) in [6.07, 6.45) is 1.80. The summed E-state index contributed by atoms with van der Waals surface area (Å²) in [5.41, 5.74) is 0.976. The molecule has 0 unspecified atom stereocenters. The summed E-state index contributed by atoms with van der Waals surface area (Å²) in [7, 11) is 2.04. The molecule has 1 atom stereocenters. The van der Waals surface area contributed by atoms with Crippen molar-refractivity contribution in [3.8, 4) is 5.75 Å². The molecule has 0 radical (unpaired) electrons. The molecule has 21 heavy (non-hydrogen) atoms. The second kappa shape index (κ2) is 7.43. The third-order valence-electron chi connectivity index (χ3n) is 4.13. The summed E-state index contributed by atoms with van der Waals surface area (Å²) in [4.78, 5) is 16.4. The van der Waals surface area contributed by atoms with Crippen molar-refractivity contribution >= 4 is 5.91 Å². The van der Waals surface area contributed by atoms with Crippen LogP contribution in [-0.2, 0) is 11.2 Å². The number of aliphatic hydroxyl groups excluding tert-OH is 1. The van der Waals surface area contributed by atoms with Gasteiger partial charge in [0.2, 0.25) is 5.91 Å². The van der Waals surface area contributed by atoms with Gasteiger partial charge in [-0.3, -0.25) is 9.69 Å². The van der Waals surface area contributed by atoms with Crippen molar-refractivity contribution in [3.63, 3.8) is 0 Å². The van der Waals surface area contributed by atoms with E-state index in [0.29, 0.717) is 25.8 Å². The van der Waals surface area contributed by atoms with E-state index in [-0.39, 0.29) is 24.3 Å². The first-order valence-corrected chi connectivity index (χ1v) is 7.47. The first-order valence-electron chi connectivity index (χ1n) is 7.47. The van der Waals surface area contributed by atoms with E-state index in [1.54, 1.807) is 18.2 Å². The zero-order valence-electron chi connectivity index (χ0n) is 12.5. The quantitative estimate of drug-likeness (QED) is 0.844. The van der Waals surface area contributed by atoms with Crippen molar-refractivity contribution in [2.24, 2.45) is 0 Å². The van der Waals surface area contributed by atoms with E-state index in [1.165, 1.54) is 0 Å². The highest BCUT2D eigenvalue weighted by Crippen LogP contribution is 2.15. The molecule has 1 heterocycles. The van der Waals surface area contributed by atoms with Crippen LogP contribution in [0.3, 0.4) is 0 Å². The van der Waals surface area contributed by atoms with Crippen LogP contribution in [0, 0.1) is 0 Å². The van der Waals surface area contributed by atoms with E-state index in [0.717, 1.165) is 18.7 Å². The maximum atomic E-state index is 12.3. The number of aromatic hydroxyl groups is 1. The molecule has 0 aliphatic carbocycles. The number of carbonyl (C=O) groups is 1. The number of rotatable bonds is 5. The predicted molar refractivity (Wildman–Crippen MR) is 81.1 cm³/mol. The van der Waals surface area contributed by atoms with Gasteiger partial charge in [0, 0.05) is 38.7 Å². The van der Waals surface area contributed by atoms with Gasteiger partial charge in [-0.15, -0.1) is 0 Å². The lowest BCUT2D eigenvalue weighted by molar-refractivity contribution is -0.134. The van der Waals surface area contributed by atoms with Gasteiger partial charge in [0.15, 0.2) is 0 Å². The minimum atomic E-state index is 0.148. The summed E-state index contributed by atoms with van der Waals surface area (Å²) in [5.74, 6) is 0.386. The summed E-state index contributed by atoms with van der Waals surface area (Å²) in [6, 6.07) is 7.29. The fourth-order valence-corrected chi connectivity index (χ4v) is 2.75. The number of amides is 1. The molecule has 1 fully saturated rings. The molecule has 1 aromatic carbocycles. The molecule has 116 valence electrons. The maximum Gasteiger partial charge on any atom is 0.222 e. The lowest BCUT2D eigenvalue weighted by atomic mass is 10.1. The van der Waals surface area contributed by atoms with Gasteiger partial charge in [0.05, 0.1) is 0 Å². The smallest absolute Gasteiger partial charge is 0.222 e. The van der Waals surface area contributed by atoms with E-state index >= 15 is 0 Å².